The zero-order valence-electron chi connectivity index (χ0n) is 11.1. The van der Waals surface area contributed by atoms with Gasteiger partial charge < -0.3 is 21.3 Å². The van der Waals surface area contributed by atoms with Gasteiger partial charge in [0, 0.05) is 0 Å². The fourth-order valence-electron chi connectivity index (χ4n) is 2.12. The number of hydrogen-bond acceptors (Lipinski definition) is 7. The summed E-state index contributed by atoms with van der Waals surface area (Å²) >= 11 is 0.999. The lowest BCUT2D eigenvalue weighted by molar-refractivity contribution is 0.373. The molecule has 0 radical (unpaired) electrons. The summed E-state index contributed by atoms with van der Waals surface area (Å²) in [6, 6.07) is 8.69. The van der Waals surface area contributed by atoms with Gasteiger partial charge in [-0.25, -0.2) is 0 Å². The Morgan fingerprint density at radius 3 is 2.19 bits per heavy atom. The molecule has 1 heterocycles. The summed E-state index contributed by atoms with van der Waals surface area (Å²) in [6.07, 6.45) is 0. The van der Waals surface area contributed by atoms with Gasteiger partial charge in [0.1, 0.15) is 0 Å². The van der Waals surface area contributed by atoms with Gasteiger partial charge in [-0.1, -0.05) is 17.8 Å². The molecule has 5 N–H and O–H groups in total. The van der Waals surface area contributed by atoms with Crippen molar-refractivity contribution in [1.82, 2.24) is 0 Å². The molecule has 0 saturated heterocycles. The fourth-order valence-corrected chi connectivity index (χ4v) is 2.90. The van der Waals surface area contributed by atoms with E-state index in [9.17, 15) is 15.6 Å². The molecule has 106 valence electrons. The van der Waals surface area contributed by atoms with Crippen LogP contribution in [0.4, 0.5) is 0 Å². The van der Waals surface area contributed by atoms with Crippen LogP contribution >= 0.6 is 11.8 Å². The average Bonchev–Trinajstić information content (AvgIpc) is 2.46. The van der Waals surface area contributed by atoms with Crippen LogP contribution in [0.3, 0.4) is 0 Å². The van der Waals surface area contributed by atoms with Crippen LogP contribution in [0.25, 0.3) is 0 Å². The standard InChI is InChI=1S/C14H12N4O2S/c1-20-11-3-2-7(4-10(11)19)12-8(5-15)13(17)21-14(18)9(12)6-16/h2-4,12,19H,17-18H2,1H3. The van der Waals surface area contributed by atoms with Crippen molar-refractivity contribution in [3.8, 4) is 23.6 Å². The Hall–Kier alpha value is -2.77. The lowest BCUT2D eigenvalue weighted by atomic mass is 9.85. The lowest BCUT2D eigenvalue weighted by Gasteiger charge is -2.23. The van der Waals surface area contributed by atoms with Crippen molar-refractivity contribution in [3.05, 3.63) is 45.0 Å². The number of phenolic OH excluding ortho intramolecular Hbond substituents is 1. The Labute approximate surface area is 125 Å². The molecule has 1 aliphatic heterocycles. The van der Waals surface area contributed by atoms with E-state index in [-0.39, 0.29) is 27.0 Å². The minimum Gasteiger partial charge on any atom is -0.504 e. The van der Waals surface area contributed by atoms with Gasteiger partial charge in [0.05, 0.1) is 46.4 Å². The molecule has 21 heavy (non-hydrogen) atoms. The van der Waals surface area contributed by atoms with E-state index in [4.69, 9.17) is 16.2 Å². The van der Waals surface area contributed by atoms with Crippen LogP contribution in [0.5, 0.6) is 11.5 Å². The molecule has 0 unspecified atom stereocenters. The van der Waals surface area contributed by atoms with Crippen LogP contribution in [0.1, 0.15) is 11.5 Å². The second-order valence-electron chi connectivity index (χ2n) is 4.25. The second kappa shape index (κ2) is 5.70. The van der Waals surface area contributed by atoms with Gasteiger partial charge in [0.15, 0.2) is 11.5 Å². The van der Waals surface area contributed by atoms with E-state index < -0.39 is 5.92 Å². The first kappa shape index (κ1) is 14.6. The maximum absolute atomic E-state index is 9.88. The Morgan fingerprint density at radius 2 is 1.76 bits per heavy atom. The number of hydrogen-bond donors (Lipinski definition) is 3. The number of nitrogens with two attached hydrogens (primary N) is 2. The van der Waals surface area contributed by atoms with E-state index in [1.54, 1.807) is 12.1 Å². The van der Waals surface area contributed by atoms with Crippen molar-refractivity contribution in [1.29, 1.82) is 10.5 Å². The van der Waals surface area contributed by atoms with Crippen LogP contribution in [0.15, 0.2) is 39.4 Å². The van der Waals surface area contributed by atoms with Crippen molar-refractivity contribution >= 4 is 11.8 Å². The summed E-state index contributed by atoms with van der Waals surface area (Å²) in [4.78, 5) is 0. The fraction of sp³-hybridized carbons (Fsp3) is 0.143. The molecule has 0 aliphatic carbocycles. The molecule has 6 nitrogen and oxygen atoms in total. The molecule has 7 heteroatoms. The third-order valence-electron chi connectivity index (χ3n) is 3.11. The second-order valence-corrected chi connectivity index (χ2v) is 5.33. The minimum absolute atomic E-state index is 0.0834. The number of benzene rings is 1. The Bertz CT molecular complexity index is 704. The summed E-state index contributed by atoms with van der Waals surface area (Å²) in [6.45, 7) is 0. The molecular formula is C14H12N4O2S. The average molecular weight is 300 g/mol. The first-order valence-electron chi connectivity index (χ1n) is 5.87. The highest BCUT2D eigenvalue weighted by Crippen LogP contribution is 2.44. The van der Waals surface area contributed by atoms with E-state index >= 15 is 0 Å². The van der Waals surface area contributed by atoms with Crippen LogP contribution in [-0.4, -0.2) is 12.2 Å². The Morgan fingerprint density at radius 1 is 1.19 bits per heavy atom. The summed E-state index contributed by atoms with van der Waals surface area (Å²) in [5.41, 5.74) is 12.7. The molecule has 0 saturated carbocycles. The largest absolute Gasteiger partial charge is 0.504 e. The molecule has 1 aromatic rings. The molecule has 0 fully saturated rings. The maximum atomic E-state index is 9.88. The number of allylic oxidation sites excluding steroid dienone is 2. The SMILES string of the molecule is COc1ccc(C2C(C#N)=C(N)SC(N)=C2C#N)cc1O. The van der Waals surface area contributed by atoms with Crippen molar-refractivity contribution in [2.24, 2.45) is 11.5 Å². The molecular weight excluding hydrogens is 288 g/mol. The number of nitrogens with zero attached hydrogens (tertiary/aromatic N) is 2. The van der Waals surface area contributed by atoms with Gasteiger partial charge in [-0.2, -0.15) is 10.5 Å². The summed E-state index contributed by atoms with van der Waals surface area (Å²) in [5.74, 6) is -0.465. The zero-order chi connectivity index (χ0) is 15.6. The van der Waals surface area contributed by atoms with Gasteiger partial charge in [-0.05, 0) is 17.7 Å². The molecule has 0 aromatic heterocycles. The van der Waals surface area contributed by atoms with Crippen LogP contribution in [0, 0.1) is 22.7 Å². The van der Waals surface area contributed by atoms with E-state index in [0.29, 0.717) is 11.3 Å². The predicted octanol–water partition coefficient (Wildman–Crippen LogP) is 1.62. The topological polar surface area (TPSA) is 129 Å². The summed E-state index contributed by atoms with van der Waals surface area (Å²) in [7, 11) is 1.43. The number of methoxy groups -OCH3 is 1. The zero-order valence-corrected chi connectivity index (χ0v) is 11.9. The molecule has 2 rings (SSSR count). The van der Waals surface area contributed by atoms with Crippen LogP contribution in [-0.2, 0) is 0 Å². The predicted molar refractivity (Wildman–Crippen MR) is 78.6 cm³/mol. The number of nitriles is 2. The van der Waals surface area contributed by atoms with Crippen molar-refractivity contribution in [2.75, 3.05) is 7.11 Å². The Balaban J connectivity index is 2.62. The van der Waals surface area contributed by atoms with E-state index in [1.807, 2.05) is 12.1 Å². The minimum atomic E-state index is -0.682. The highest BCUT2D eigenvalue weighted by atomic mass is 32.2. The third kappa shape index (κ3) is 2.47. The van der Waals surface area contributed by atoms with Gasteiger partial charge in [0.25, 0.3) is 0 Å². The first-order valence-corrected chi connectivity index (χ1v) is 6.69. The van der Waals surface area contributed by atoms with Crippen molar-refractivity contribution < 1.29 is 9.84 Å². The molecule has 0 spiro atoms. The van der Waals surface area contributed by atoms with Gasteiger partial charge in [0.2, 0.25) is 0 Å². The maximum Gasteiger partial charge on any atom is 0.160 e. The monoisotopic (exact) mass is 300 g/mol. The number of thioether (sulfide) groups is 1. The summed E-state index contributed by atoms with van der Waals surface area (Å²) < 4.78 is 4.98. The van der Waals surface area contributed by atoms with E-state index in [2.05, 4.69) is 0 Å². The third-order valence-corrected chi connectivity index (χ3v) is 3.98. The number of aromatic hydroxyl groups is 1. The van der Waals surface area contributed by atoms with Gasteiger partial charge in [-0.3, -0.25) is 0 Å². The smallest absolute Gasteiger partial charge is 0.160 e. The highest BCUT2D eigenvalue weighted by Gasteiger charge is 2.31. The van der Waals surface area contributed by atoms with Crippen molar-refractivity contribution in [2.45, 2.75) is 5.92 Å². The van der Waals surface area contributed by atoms with Crippen molar-refractivity contribution in [3.63, 3.8) is 0 Å². The van der Waals surface area contributed by atoms with Gasteiger partial charge >= 0.3 is 0 Å². The number of phenols is 1. The lowest BCUT2D eigenvalue weighted by Crippen LogP contribution is -2.18. The quantitative estimate of drug-likeness (QED) is 0.756. The number of rotatable bonds is 2. The van der Waals surface area contributed by atoms with E-state index in [1.165, 1.54) is 13.2 Å². The van der Waals surface area contributed by atoms with Crippen LogP contribution in [0.2, 0.25) is 0 Å². The number of ether oxygens (including phenoxy) is 1. The van der Waals surface area contributed by atoms with Crippen LogP contribution < -0.4 is 16.2 Å². The summed E-state index contributed by atoms with van der Waals surface area (Å²) in [5, 5.41) is 29.0. The van der Waals surface area contributed by atoms with Gasteiger partial charge in [-0.15, -0.1) is 0 Å². The molecule has 1 aromatic carbocycles. The molecule has 1 aliphatic rings. The molecule has 0 bridgehead atoms. The Kier molecular flexibility index (Phi) is 3.97. The highest BCUT2D eigenvalue weighted by molar-refractivity contribution is 8.06. The first-order chi connectivity index (χ1) is 10.0. The molecule has 0 atom stereocenters. The normalized spacial score (nSPS) is 15.6. The van der Waals surface area contributed by atoms with E-state index in [0.717, 1.165) is 11.8 Å². The molecule has 0 amide bonds.